The zero-order chi connectivity index (χ0) is 18.6. The normalized spacial score (nSPS) is 17.0. The molecule has 26 heavy (non-hydrogen) atoms. The van der Waals surface area contributed by atoms with Gasteiger partial charge in [0.25, 0.3) is 0 Å². The Kier molecular flexibility index (Phi) is 9.81. The van der Waals surface area contributed by atoms with Gasteiger partial charge in [-0.05, 0) is 54.2 Å². The van der Waals surface area contributed by atoms with Crippen LogP contribution in [0.2, 0.25) is 0 Å². The summed E-state index contributed by atoms with van der Waals surface area (Å²) in [5, 5.41) is 6.60. The van der Waals surface area contributed by atoms with Crippen LogP contribution < -0.4 is 15.4 Å². The molecule has 1 heterocycles. The lowest BCUT2D eigenvalue weighted by Gasteiger charge is -2.22. The summed E-state index contributed by atoms with van der Waals surface area (Å²) in [5.74, 6) is 1.62. The van der Waals surface area contributed by atoms with Gasteiger partial charge in [0.05, 0.1) is 17.1 Å². The highest BCUT2D eigenvalue weighted by atomic mass is 79.9. The fourth-order valence-corrected chi connectivity index (χ4v) is 3.01. The first-order chi connectivity index (χ1) is 12.7. The molecule has 1 aromatic carbocycles. The van der Waals surface area contributed by atoms with Gasteiger partial charge < -0.3 is 24.8 Å². The Morgan fingerprint density at radius 1 is 1.31 bits per heavy atom. The van der Waals surface area contributed by atoms with Gasteiger partial charge in [-0.3, -0.25) is 4.99 Å². The number of para-hydroxylation sites is 1. The third-order valence-electron chi connectivity index (χ3n) is 4.08. The topological polar surface area (TPSA) is 64.1 Å². The second-order valence-corrected chi connectivity index (χ2v) is 7.13. The number of hydrogen-bond donors (Lipinski definition) is 2. The van der Waals surface area contributed by atoms with Crippen LogP contribution in [-0.2, 0) is 9.47 Å². The molecule has 1 saturated heterocycles. The molecule has 0 amide bonds. The molecular weight excluding hydrogens is 398 g/mol. The predicted octanol–water partition coefficient (Wildman–Crippen LogP) is 2.97. The van der Waals surface area contributed by atoms with E-state index in [-0.39, 0.29) is 6.10 Å². The zero-order valence-corrected chi connectivity index (χ0v) is 17.3. The molecule has 1 unspecified atom stereocenters. The standard InChI is InChI=1S/C19H30BrN3O3/c1-15(26-18-7-4-3-6-17(18)20)14-23-19(21-2)22-10-5-11-25-16-8-12-24-13-9-16/h3-4,6-7,15-16H,5,8-14H2,1-2H3,(H2,21,22,23). The molecular formula is C19H30BrN3O3. The molecule has 7 heteroatoms. The van der Waals surface area contributed by atoms with E-state index >= 15 is 0 Å². The Balaban J connectivity index is 1.57. The summed E-state index contributed by atoms with van der Waals surface area (Å²) in [5.41, 5.74) is 0. The van der Waals surface area contributed by atoms with Gasteiger partial charge in [0.2, 0.25) is 0 Å². The number of rotatable bonds is 9. The minimum atomic E-state index is 0.0177. The van der Waals surface area contributed by atoms with Gasteiger partial charge in [0.15, 0.2) is 5.96 Å². The van der Waals surface area contributed by atoms with Crippen molar-refractivity contribution in [3.63, 3.8) is 0 Å². The van der Waals surface area contributed by atoms with Crippen molar-refractivity contribution in [3.8, 4) is 5.75 Å². The van der Waals surface area contributed by atoms with E-state index in [0.29, 0.717) is 12.6 Å². The molecule has 0 aromatic heterocycles. The number of benzene rings is 1. The highest BCUT2D eigenvalue weighted by Crippen LogP contribution is 2.24. The van der Waals surface area contributed by atoms with Crippen molar-refractivity contribution in [2.45, 2.75) is 38.4 Å². The van der Waals surface area contributed by atoms with Gasteiger partial charge in [-0.25, -0.2) is 0 Å². The summed E-state index contributed by atoms with van der Waals surface area (Å²) >= 11 is 3.50. The molecule has 0 spiro atoms. The van der Waals surface area contributed by atoms with Crippen LogP contribution >= 0.6 is 15.9 Å². The van der Waals surface area contributed by atoms with Crippen LogP contribution in [0.3, 0.4) is 0 Å². The second kappa shape index (κ2) is 12.1. The summed E-state index contributed by atoms with van der Waals surface area (Å²) in [7, 11) is 1.77. The third-order valence-corrected chi connectivity index (χ3v) is 4.74. The third kappa shape index (κ3) is 7.93. The number of nitrogens with zero attached hydrogens (tertiary/aromatic N) is 1. The lowest BCUT2D eigenvalue weighted by molar-refractivity contribution is -0.0320. The van der Waals surface area contributed by atoms with E-state index in [2.05, 4.69) is 31.6 Å². The van der Waals surface area contributed by atoms with Crippen molar-refractivity contribution >= 4 is 21.9 Å². The van der Waals surface area contributed by atoms with Gasteiger partial charge in [-0.15, -0.1) is 0 Å². The van der Waals surface area contributed by atoms with Crippen molar-refractivity contribution in [2.24, 2.45) is 4.99 Å². The van der Waals surface area contributed by atoms with Gasteiger partial charge in [-0.2, -0.15) is 0 Å². The highest BCUT2D eigenvalue weighted by molar-refractivity contribution is 9.10. The molecule has 146 valence electrons. The lowest BCUT2D eigenvalue weighted by Crippen LogP contribution is -2.42. The molecule has 0 aliphatic carbocycles. The van der Waals surface area contributed by atoms with E-state index in [1.54, 1.807) is 7.05 Å². The quantitative estimate of drug-likeness (QED) is 0.360. The number of halogens is 1. The predicted molar refractivity (Wildman–Crippen MR) is 108 cm³/mol. The average molecular weight is 428 g/mol. The number of guanidine groups is 1. The molecule has 1 aromatic rings. The second-order valence-electron chi connectivity index (χ2n) is 6.27. The van der Waals surface area contributed by atoms with Crippen LogP contribution in [-0.4, -0.2) is 58.1 Å². The highest BCUT2D eigenvalue weighted by Gasteiger charge is 2.13. The van der Waals surface area contributed by atoms with Crippen LogP contribution in [0.4, 0.5) is 0 Å². The number of aliphatic imine (C=N–C) groups is 1. The van der Waals surface area contributed by atoms with Gasteiger partial charge >= 0.3 is 0 Å². The number of hydrogen-bond acceptors (Lipinski definition) is 4. The molecule has 0 saturated carbocycles. The van der Waals surface area contributed by atoms with E-state index < -0.39 is 0 Å². The summed E-state index contributed by atoms with van der Waals surface area (Å²) in [6.45, 7) is 5.91. The first-order valence-electron chi connectivity index (χ1n) is 9.24. The molecule has 6 nitrogen and oxygen atoms in total. The van der Waals surface area contributed by atoms with Gasteiger partial charge in [0, 0.05) is 33.4 Å². The van der Waals surface area contributed by atoms with E-state index in [1.807, 2.05) is 31.2 Å². The van der Waals surface area contributed by atoms with E-state index in [1.165, 1.54) is 0 Å². The lowest BCUT2D eigenvalue weighted by atomic mass is 10.1. The summed E-state index contributed by atoms with van der Waals surface area (Å²) in [6.07, 6.45) is 3.33. The molecule has 1 aliphatic rings. The minimum absolute atomic E-state index is 0.0177. The van der Waals surface area contributed by atoms with Gasteiger partial charge in [-0.1, -0.05) is 12.1 Å². The van der Waals surface area contributed by atoms with E-state index in [9.17, 15) is 0 Å². The molecule has 1 aliphatic heterocycles. The van der Waals surface area contributed by atoms with Crippen molar-refractivity contribution in [2.75, 3.05) is 40.0 Å². The Morgan fingerprint density at radius 3 is 2.81 bits per heavy atom. The fraction of sp³-hybridized carbons (Fsp3) is 0.632. The minimum Gasteiger partial charge on any atom is -0.488 e. The molecule has 2 N–H and O–H groups in total. The maximum atomic E-state index is 5.93. The van der Waals surface area contributed by atoms with Crippen molar-refractivity contribution in [3.05, 3.63) is 28.7 Å². The van der Waals surface area contributed by atoms with Crippen LogP contribution in [0.15, 0.2) is 33.7 Å². The SMILES string of the molecule is CN=C(NCCCOC1CCOCC1)NCC(C)Oc1ccccc1Br. The maximum Gasteiger partial charge on any atom is 0.191 e. The molecule has 1 atom stereocenters. The van der Waals surface area contributed by atoms with E-state index in [4.69, 9.17) is 14.2 Å². The Labute approximate surface area is 164 Å². The van der Waals surface area contributed by atoms with E-state index in [0.717, 1.165) is 61.8 Å². The van der Waals surface area contributed by atoms with Crippen LogP contribution in [0.5, 0.6) is 5.75 Å². The number of ether oxygens (including phenoxy) is 3. The molecule has 0 bridgehead atoms. The smallest absolute Gasteiger partial charge is 0.191 e. The number of nitrogens with one attached hydrogen (secondary N) is 2. The van der Waals surface area contributed by atoms with Crippen molar-refractivity contribution in [1.82, 2.24) is 10.6 Å². The Morgan fingerprint density at radius 2 is 2.08 bits per heavy atom. The van der Waals surface area contributed by atoms with Crippen LogP contribution in [0.25, 0.3) is 0 Å². The summed E-state index contributed by atoms with van der Waals surface area (Å²) in [6, 6.07) is 7.85. The Bertz CT molecular complexity index is 551. The zero-order valence-electron chi connectivity index (χ0n) is 15.7. The first-order valence-corrected chi connectivity index (χ1v) is 10.0. The largest absolute Gasteiger partial charge is 0.488 e. The first kappa shape index (κ1) is 21.0. The average Bonchev–Trinajstić information content (AvgIpc) is 2.66. The Hall–Kier alpha value is -1.31. The van der Waals surface area contributed by atoms with Crippen molar-refractivity contribution < 1.29 is 14.2 Å². The van der Waals surface area contributed by atoms with Crippen molar-refractivity contribution in [1.29, 1.82) is 0 Å². The maximum absolute atomic E-state index is 5.93. The fourth-order valence-electron chi connectivity index (χ4n) is 2.63. The summed E-state index contributed by atoms with van der Waals surface area (Å²) < 4.78 is 18.1. The van der Waals surface area contributed by atoms with Crippen LogP contribution in [0.1, 0.15) is 26.2 Å². The molecule has 2 rings (SSSR count). The molecule has 1 fully saturated rings. The summed E-state index contributed by atoms with van der Waals surface area (Å²) in [4.78, 5) is 4.24. The monoisotopic (exact) mass is 427 g/mol. The van der Waals surface area contributed by atoms with Gasteiger partial charge in [0.1, 0.15) is 11.9 Å². The molecule has 0 radical (unpaired) electrons. The van der Waals surface area contributed by atoms with Crippen LogP contribution in [0, 0.1) is 0 Å².